The molecule has 2 N–H and O–H groups in total. The smallest absolute Gasteiger partial charge is 0.125 e. The molecule has 0 radical (unpaired) electrons. The number of anilines is 1. The van der Waals surface area contributed by atoms with Crippen LogP contribution in [0.2, 0.25) is 0 Å². The Morgan fingerprint density at radius 2 is 2.00 bits per heavy atom. The summed E-state index contributed by atoms with van der Waals surface area (Å²) in [4.78, 5) is 0. The molecule has 1 aromatic rings. The summed E-state index contributed by atoms with van der Waals surface area (Å²) in [6, 6.07) is 4.41. The van der Waals surface area contributed by atoms with Crippen LogP contribution in [0.15, 0.2) is 18.2 Å². The summed E-state index contributed by atoms with van der Waals surface area (Å²) < 4.78 is 24.4. The van der Waals surface area contributed by atoms with Crippen LogP contribution in [0, 0.1) is 5.82 Å². The Labute approximate surface area is 107 Å². The number of hydrogen-bond acceptors (Lipinski definition) is 3. The Kier molecular flexibility index (Phi) is 4.19. The van der Waals surface area contributed by atoms with Crippen LogP contribution in [0.25, 0.3) is 0 Å². The number of hydrogen-bond donors (Lipinski definition) is 1. The number of benzene rings is 1. The Balaban J connectivity index is 1.91. The van der Waals surface area contributed by atoms with Gasteiger partial charge in [-0.05, 0) is 38.8 Å². The second kappa shape index (κ2) is 5.67. The predicted octanol–water partition coefficient (Wildman–Crippen LogP) is 2.88. The zero-order valence-corrected chi connectivity index (χ0v) is 10.9. The minimum atomic E-state index is -0.315. The second-order valence-electron chi connectivity index (χ2n) is 5.00. The molecule has 1 heterocycles. The number of rotatable bonds is 3. The molecular formula is C14H20FNO2. The van der Waals surface area contributed by atoms with E-state index in [-0.39, 0.29) is 24.1 Å². The minimum absolute atomic E-state index is 0.188. The Morgan fingerprint density at radius 1 is 1.33 bits per heavy atom. The van der Waals surface area contributed by atoms with Gasteiger partial charge in [0.15, 0.2) is 0 Å². The third-order valence-electron chi connectivity index (χ3n) is 3.24. The third kappa shape index (κ3) is 3.43. The van der Waals surface area contributed by atoms with Gasteiger partial charge in [-0.2, -0.15) is 0 Å². The Morgan fingerprint density at radius 3 is 2.61 bits per heavy atom. The molecule has 18 heavy (non-hydrogen) atoms. The lowest BCUT2D eigenvalue weighted by Gasteiger charge is -2.32. The maximum Gasteiger partial charge on any atom is 0.125 e. The number of nitrogens with two attached hydrogens (primary N) is 1. The molecule has 0 saturated carbocycles. The second-order valence-corrected chi connectivity index (χ2v) is 5.00. The van der Waals surface area contributed by atoms with Gasteiger partial charge in [-0.1, -0.05) is 6.07 Å². The fourth-order valence-electron chi connectivity index (χ4n) is 2.39. The highest BCUT2D eigenvalue weighted by molar-refractivity contribution is 5.46. The van der Waals surface area contributed by atoms with Gasteiger partial charge in [0.05, 0.1) is 24.9 Å². The van der Waals surface area contributed by atoms with Crippen LogP contribution < -0.4 is 5.73 Å². The summed E-state index contributed by atoms with van der Waals surface area (Å²) in [6.07, 6.45) is 2.43. The summed E-state index contributed by atoms with van der Waals surface area (Å²) in [7, 11) is 0. The van der Waals surface area contributed by atoms with Crippen molar-refractivity contribution in [3.63, 3.8) is 0 Å². The van der Waals surface area contributed by atoms with E-state index in [1.54, 1.807) is 6.07 Å². The monoisotopic (exact) mass is 253 g/mol. The van der Waals surface area contributed by atoms with Gasteiger partial charge in [0.1, 0.15) is 5.82 Å². The molecule has 0 bridgehead atoms. The van der Waals surface area contributed by atoms with E-state index in [1.807, 2.05) is 0 Å². The summed E-state index contributed by atoms with van der Waals surface area (Å²) in [5.41, 5.74) is 7.03. The van der Waals surface area contributed by atoms with E-state index in [0.29, 0.717) is 12.3 Å². The van der Waals surface area contributed by atoms with Crippen molar-refractivity contribution in [1.82, 2.24) is 0 Å². The third-order valence-corrected chi connectivity index (χ3v) is 3.24. The molecule has 2 atom stereocenters. The number of halogens is 1. The summed E-state index contributed by atoms with van der Waals surface area (Å²) in [5.74, 6) is -0.315. The lowest BCUT2D eigenvalue weighted by Crippen LogP contribution is -2.34. The predicted molar refractivity (Wildman–Crippen MR) is 68.6 cm³/mol. The normalized spacial score (nSPS) is 28.3. The van der Waals surface area contributed by atoms with Gasteiger partial charge in [-0.3, -0.25) is 0 Å². The molecule has 0 amide bonds. The first-order chi connectivity index (χ1) is 8.54. The lowest BCUT2D eigenvalue weighted by atomic mass is 10.0. The maximum atomic E-state index is 12.9. The van der Waals surface area contributed by atoms with E-state index in [0.717, 1.165) is 18.4 Å². The van der Waals surface area contributed by atoms with Crippen LogP contribution in [0.4, 0.5) is 10.1 Å². The van der Waals surface area contributed by atoms with Gasteiger partial charge < -0.3 is 15.2 Å². The molecule has 1 aromatic carbocycles. The highest BCUT2D eigenvalue weighted by Gasteiger charge is 2.24. The molecule has 1 fully saturated rings. The van der Waals surface area contributed by atoms with Crippen LogP contribution >= 0.6 is 0 Å². The largest absolute Gasteiger partial charge is 0.398 e. The Bertz CT molecular complexity index is 401. The van der Waals surface area contributed by atoms with Gasteiger partial charge in [-0.25, -0.2) is 4.39 Å². The fraction of sp³-hybridized carbons (Fsp3) is 0.571. The quantitative estimate of drug-likeness (QED) is 0.842. The van der Waals surface area contributed by atoms with Gasteiger partial charge >= 0.3 is 0 Å². The average molecular weight is 253 g/mol. The molecule has 0 aliphatic carbocycles. The standard InChI is InChI=1S/C14H20FNO2/c1-9-5-13(6-10(2)18-9)17-8-11-3-4-12(15)7-14(11)16/h3-4,7,9-10,13H,5-6,8,16H2,1-2H3. The first-order valence-electron chi connectivity index (χ1n) is 6.35. The molecule has 4 heteroatoms. The zero-order valence-electron chi connectivity index (χ0n) is 10.9. The highest BCUT2D eigenvalue weighted by atomic mass is 19.1. The number of ether oxygens (including phenoxy) is 2. The molecule has 2 unspecified atom stereocenters. The van der Waals surface area contributed by atoms with Crippen molar-refractivity contribution in [1.29, 1.82) is 0 Å². The van der Waals surface area contributed by atoms with Gasteiger partial charge in [0, 0.05) is 11.3 Å². The fourth-order valence-corrected chi connectivity index (χ4v) is 2.39. The molecule has 1 aliphatic heterocycles. The van der Waals surface area contributed by atoms with Gasteiger partial charge in [0.25, 0.3) is 0 Å². The van der Waals surface area contributed by atoms with E-state index in [9.17, 15) is 4.39 Å². The summed E-state index contributed by atoms with van der Waals surface area (Å²) in [5, 5.41) is 0. The molecule has 1 saturated heterocycles. The molecule has 2 rings (SSSR count). The van der Waals surface area contributed by atoms with E-state index < -0.39 is 0 Å². The molecular weight excluding hydrogens is 233 g/mol. The maximum absolute atomic E-state index is 12.9. The zero-order chi connectivity index (χ0) is 13.1. The van der Waals surface area contributed by atoms with E-state index >= 15 is 0 Å². The topological polar surface area (TPSA) is 44.5 Å². The van der Waals surface area contributed by atoms with Gasteiger partial charge in [0.2, 0.25) is 0 Å². The van der Waals surface area contributed by atoms with Crippen LogP contribution in [-0.4, -0.2) is 18.3 Å². The summed E-state index contributed by atoms with van der Waals surface area (Å²) >= 11 is 0. The number of nitrogen functional groups attached to an aromatic ring is 1. The van der Waals surface area contributed by atoms with Gasteiger partial charge in [-0.15, -0.1) is 0 Å². The van der Waals surface area contributed by atoms with Crippen molar-refractivity contribution >= 4 is 5.69 Å². The first kappa shape index (κ1) is 13.3. The molecule has 0 spiro atoms. The van der Waals surface area contributed by atoms with Crippen molar-refractivity contribution in [3.05, 3.63) is 29.6 Å². The van der Waals surface area contributed by atoms with E-state index in [4.69, 9.17) is 15.2 Å². The molecule has 1 aliphatic rings. The molecule has 0 aromatic heterocycles. The molecule has 100 valence electrons. The SMILES string of the molecule is CC1CC(OCc2ccc(F)cc2N)CC(C)O1. The lowest BCUT2D eigenvalue weighted by molar-refractivity contribution is -0.106. The van der Waals surface area contributed by atoms with Crippen molar-refractivity contribution in [2.75, 3.05) is 5.73 Å². The van der Waals surface area contributed by atoms with E-state index in [2.05, 4.69) is 13.8 Å². The van der Waals surface area contributed by atoms with Crippen molar-refractivity contribution in [3.8, 4) is 0 Å². The Hall–Kier alpha value is -1.13. The van der Waals surface area contributed by atoms with Crippen LogP contribution in [0.3, 0.4) is 0 Å². The van der Waals surface area contributed by atoms with Crippen molar-refractivity contribution in [2.24, 2.45) is 0 Å². The highest BCUT2D eigenvalue weighted by Crippen LogP contribution is 2.23. The minimum Gasteiger partial charge on any atom is -0.398 e. The van der Waals surface area contributed by atoms with E-state index in [1.165, 1.54) is 12.1 Å². The van der Waals surface area contributed by atoms with Crippen LogP contribution in [-0.2, 0) is 16.1 Å². The first-order valence-corrected chi connectivity index (χ1v) is 6.35. The summed E-state index contributed by atoms with van der Waals surface area (Å²) in [6.45, 7) is 4.53. The average Bonchev–Trinajstić information content (AvgIpc) is 2.26. The van der Waals surface area contributed by atoms with Crippen molar-refractivity contribution in [2.45, 2.75) is 51.6 Å². The molecule has 3 nitrogen and oxygen atoms in total. The van der Waals surface area contributed by atoms with Crippen LogP contribution in [0.1, 0.15) is 32.3 Å². The van der Waals surface area contributed by atoms with Crippen LogP contribution in [0.5, 0.6) is 0 Å². The van der Waals surface area contributed by atoms with Crippen molar-refractivity contribution < 1.29 is 13.9 Å².